The van der Waals surface area contributed by atoms with Crippen molar-refractivity contribution in [1.82, 2.24) is 14.5 Å². The third kappa shape index (κ3) is 8.76. The molecule has 0 saturated heterocycles. The first-order chi connectivity index (χ1) is 20.2. The van der Waals surface area contributed by atoms with Crippen molar-refractivity contribution in [2.75, 3.05) is 13.6 Å². The molecule has 1 fully saturated rings. The van der Waals surface area contributed by atoms with Crippen molar-refractivity contribution in [2.24, 2.45) is 0 Å². The molecular weight excluding hydrogens is 546 g/mol. The van der Waals surface area contributed by atoms with Crippen LogP contribution in [0.15, 0.2) is 89.8 Å². The van der Waals surface area contributed by atoms with Crippen LogP contribution in [-0.2, 0) is 32.6 Å². The van der Waals surface area contributed by atoms with Gasteiger partial charge in [0.2, 0.25) is 21.8 Å². The maximum absolute atomic E-state index is 13.9. The summed E-state index contributed by atoms with van der Waals surface area (Å²) in [7, 11) is -2.12. The van der Waals surface area contributed by atoms with Crippen molar-refractivity contribution in [3.05, 3.63) is 102 Å². The molecule has 3 aromatic carbocycles. The molecule has 0 aliphatic heterocycles. The lowest BCUT2D eigenvalue weighted by Gasteiger charge is -2.33. The molecule has 0 heterocycles. The Morgan fingerprint density at radius 3 is 2.12 bits per heavy atom. The zero-order valence-electron chi connectivity index (χ0n) is 24.7. The third-order valence-corrected chi connectivity index (χ3v) is 9.88. The van der Waals surface area contributed by atoms with Gasteiger partial charge in [-0.25, -0.2) is 12.7 Å². The Kier molecular flexibility index (Phi) is 11.3. The van der Waals surface area contributed by atoms with E-state index >= 15 is 0 Å². The minimum atomic E-state index is -3.65. The van der Waals surface area contributed by atoms with Gasteiger partial charge in [0.25, 0.3) is 0 Å². The van der Waals surface area contributed by atoms with Crippen molar-refractivity contribution in [3.63, 3.8) is 0 Å². The van der Waals surface area contributed by atoms with Gasteiger partial charge in [0.15, 0.2) is 0 Å². The summed E-state index contributed by atoms with van der Waals surface area (Å²) in [4.78, 5) is 29.7. The number of aryl methyl sites for hydroxylation is 1. The van der Waals surface area contributed by atoms with E-state index in [0.717, 1.165) is 42.4 Å². The first kappa shape index (κ1) is 31.4. The van der Waals surface area contributed by atoms with E-state index in [9.17, 15) is 18.0 Å². The summed E-state index contributed by atoms with van der Waals surface area (Å²) in [6, 6.07) is 25.5. The molecule has 3 aromatic rings. The second-order valence-electron chi connectivity index (χ2n) is 11.3. The van der Waals surface area contributed by atoms with E-state index in [-0.39, 0.29) is 35.7 Å². The molecule has 0 unspecified atom stereocenters. The van der Waals surface area contributed by atoms with E-state index in [2.05, 4.69) is 5.32 Å². The monoisotopic (exact) mass is 589 g/mol. The molecule has 1 aliphatic carbocycles. The van der Waals surface area contributed by atoms with Gasteiger partial charge in [0.05, 0.1) is 4.90 Å². The van der Waals surface area contributed by atoms with Gasteiger partial charge < -0.3 is 10.2 Å². The molecule has 2 amide bonds. The second-order valence-corrected chi connectivity index (χ2v) is 13.3. The number of benzene rings is 3. The molecule has 7 nitrogen and oxygen atoms in total. The standard InChI is InChI=1S/C34H43N3O4S/c1-27-20-22-29(23-21-27)26-37(33(38)19-12-24-36(2)42(40,41)31-17-10-5-11-18-31)32(25-28-13-6-3-7-14-28)34(39)35-30-15-8-4-9-16-30/h3,5-7,10-11,13-14,17-18,20-23,30,32H,4,8-9,12,15-16,19,24-26H2,1-2H3,(H,35,39)/t32-/m1/s1. The Hall–Kier alpha value is -3.49. The Bertz CT molecular complexity index is 1390. The van der Waals surface area contributed by atoms with Crippen LogP contribution in [0, 0.1) is 6.92 Å². The van der Waals surface area contributed by atoms with Crippen LogP contribution in [0.4, 0.5) is 0 Å². The molecule has 0 radical (unpaired) electrons. The molecule has 0 spiro atoms. The number of sulfonamides is 1. The average Bonchev–Trinajstić information content (AvgIpc) is 3.01. The van der Waals surface area contributed by atoms with Crippen molar-refractivity contribution < 1.29 is 18.0 Å². The highest BCUT2D eigenvalue weighted by atomic mass is 32.2. The molecule has 0 bridgehead atoms. The number of rotatable bonds is 13. The maximum Gasteiger partial charge on any atom is 0.243 e. The van der Waals surface area contributed by atoms with Gasteiger partial charge in [-0.3, -0.25) is 9.59 Å². The lowest BCUT2D eigenvalue weighted by atomic mass is 9.94. The Morgan fingerprint density at radius 2 is 1.48 bits per heavy atom. The summed E-state index contributed by atoms with van der Waals surface area (Å²) < 4.78 is 27.2. The van der Waals surface area contributed by atoms with Crippen LogP contribution in [0.25, 0.3) is 0 Å². The van der Waals surface area contributed by atoms with Crippen LogP contribution in [-0.4, -0.2) is 55.1 Å². The van der Waals surface area contributed by atoms with Gasteiger partial charge >= 0.3 is 0 Å². The van der Waals surface area contributed by atoms with E-state index in [1.807, 2.05) is 61.5 Å². The summed E-state index contributed by atoms with van der Waals surface area (Å²) in [6.45, 7) is 2.51. The maximum atomic E-state index is 13.9. The lowest BCUT2D eigenvalue weighted by molar-refractivity contribution is -0.141. The third-order valence-electron chi connectivity index (χ3n) is 8.01. The number of nitrogens with one attached hydrogen (secondary N) is 1. The first-order valence-corrected chi connectivity index (χ1v) is 16.4. The Morgan fingerprint density at radius 1 is 0.857 bits per heavy atom. The van der Waals surface area contributed by atoms with Gasteiger partial charge in [-0.15, -0.1) is 0 Å². The Balaban J connectivity index is 1.54. The molecular formula is C34H43N3O4S. The van der Waals surface area contributed by atoms with Gasteiger partial charge in [0, 0.05) is 39.0 Å². The zero-order chi connectivity index (χ0) is 30.0. The van der Waals surface area contributed by atoms with E-state index in [1.54, 1.807) is 35.2 Å². The Labute approximate surface area is 251 Å². The normalized spacial score (nSPS) is 14.8. The second kappa shape index (κ2) is 15.1. The SMILES string of the molecule is Cc1ccc(CN(C(=O)CCCN(C)S(=O)(=O)c2ccccc2)[C@H](Cc2ccccc2)C(=O)NC2CCCCC2)cc1. The highest BCUT2D eigenvalue weighted by molar-refractivity contribution is 7.89. The quantitative estimate of drug-likeness (QED) is 0.286. The minimum Gasteiger partial charge on any atom is -0.352 e. The van der Waals surface area contributed by atoms with Crippen LogP contribution in [0.2, 0.25) is 0 Å². The summed E-state index contributed by atoms with van der Waals surface area (Å²) in [5.41, 5.74) is 3.05. The molecule has 1 saturated carbocycles. The average molecular weight is 590 g/mol. The predicted molar refractivity (Wildman–Crippen MR) is 166 cm³/mol. The lowest BCUT2D eigenvalue weighted by Crippen LogP contribution is -2.52. The van der Waals surface area contributed by atoms with E-state index in [4.69, 9.17) is 0 Å². The largest absolute Gasteiger partial charge is 0.352 e. The van der Waals surface area contributed by atoms with Crippen LogP contribution < -0.4 is 5.32 Å². The number of carbonyl (C=O) groups is 2. The number of hydrogen-bond acceptors (Lipinski definition) is 4. The fraction of sp³-hybridized carbons (Fsp3) is 0.412. The van der Waals surface area contributed by atoms with Crippen LogP contribution in [0.1, 0.15) is 61.6 Å². The number of hydrogen-bond donors (Lipinski definition) is 1. The van der Waals surface area contributed by atoms with E-state index in [0.29, 0.717) is 19.4 Å². The van der Waals surface area contributed by atoms with Crippen molar-refractivity contribution in [3.8, 4) is 0 Å². The highest BCUT2D eigenvalue weighted by Gasteiger charge is 2.32. The smallest absolute Gasteiger partial charge is 0.243 e. The fourth-order valence-corrected chi connectivity index (χ4v) is 6.71. The minimum absolute atomic E-state index is 0.123. The molecule has 4 rings (SSSR count). The van der Waals surface area contributed by atoms with Crippen molar-refractivity contribution >= 4 is 21.8 Å². The zero-order valence-corrected chi connectivity index (χ0v) is 25.6. The summed E-state index contributed by atoms with van der Waals surface area (Å²) >= 11 is 0. The van der Waals surface area contributed by atoms with Crippen molar-refractivity contribution in [1.29, 1.82) is 0 Å². The number of carbonyl (C=O) groups excluding carboxylic acids is 2. The molecule has 0 aromatic heterocycles. The number of amides is 2. The van der Waals surface area contributed by atoms with Gasteiger partial charge in [0.1, 0.15) is 6.04 Å². The fourth-order valence-electron chi connectivity index (χ4n) is 5.48. The summed E-state index contributed by atoms with van der Waals surface area (Å²) in [5, 5.41) is 3.26. The first-order valence-electron chi connectivity index (χ1n) is 14.9. The highest BCUT2D eigenvalue weighted by Crippen LogP contribution is 2.21. The van der Waals surface area contributed by atoms with E-state index < -0.39 is 16.1 Å². The molecule has 1 atom stereocenters. The molecule has 1 aliphatic rings. The van der Waals surface area contributed by atoms with Gasteiger partial charge in [-0.05, 0) is 49.4 Å². The van der Waals surface area contributed by atoms with Crippen molar-refractivity contribution in [2.45, 2.75) is 81.8 Å². The van der Waals surface area contributed by atoms with Crippen LogP contribution >= 0.6 is 0 Å². The van der Waals surface area contributed by atoms with Gasteiger partial charge in [-0.2, -0.15) is 0 Å². The molecule has 8 heteroatoms. The summed E-state index contributed by atoms with van der Waals surface area (Å²) in [5.74, 6) is -0.296. The van der Waals surface area contributed by atoms with E-state index in [1.165, 1.54) is 17.8 Å². The molecule has 42 heavy (non-hydrogen) atoms. The molecule has 1 N–H and O–H groups in total. The molecule has 224 valence electrons. The number of nitrogens with zero attached hydrogens (tertiary/aromatic N) is 2. The van der Waals surface area contributed by atoms with Gasteiger partial charge in [-0.1, -0.05) is 97.6 Å². The summed E-state index contributed by atoms with van der Waals surface area (Å²) in [6.07, 6.45) is 6.16. The predicted octanol–water partition coefficient (Wildman–Crippen LogP) is 5.48. The van der Waals surface area contributed by atoms with Crippen LogP contribution in [0.3, 0.4) is 0 Å². The topological polar surface area (TPSA) is 86.8 Å². The van der Waals surface area contributed by atoms with Crippen LogP contribution in [0.5, 0.6) is 0 Å².